The maximum absolute atomic E-state index is 12.4. The molecule has 0 fully saturated rings. The summed E-state index contributed by atoms with van der Waals surface area (Å²) < 4.78 is 2.26. The maximum Gasteiger partial charge on any atom is 0.234 e. The largest absolute Gasteiger partial charge is 0.342 e. The van der Waals surface area contributed by atoms with Gasteiger partial charge in [-0.2, -0.15) is 0 Å². The van der Waals surface area contributed by atoms with E-state index in [0.717, 1.165) is 23.5 Å². The molecule has 146 valence electrons. The van der Waals surface area contributed by atoms with Crippen molar-refractivity contribution in [3.05, 3.63) is 96.2 Å². The van der Waals surface area contributed by atoms with Crippen LogP contribution in [0.25, 0.3) is 10.9 Å². The van der Waals surface area contributed by atoms with Gasteiger partial charge in [0.15, 0.2) is 0 Å². The summed E-state index contributed by atoms with van der Waals surface area (Å²) in [5.74, 6) is 0.397. The van der Waals surface area contributed by atoms with Crippen LogP contribution >= 0.6 is 11.8 Å². The first-order chi connectivity index (χ1) is 14.2. The van der Waals surface area contributed by atoms with E-state index >= 15 is 0 Å². The van der Waals surface area contributed by atoms with Gasteiger partial charge in [0.05, 0.1) is 5.75 Å². The number of aromatic nitrogens is 1. The van der Waals surface area contributed by atoms with Crippen molar-refractivity contribution < 1.29 is 4.79 Å². The van der Waals surface area contributed by atoms with Crippen molar-refractivity contribution in [2.75, 3.05) is 11.1 Å². The summed E-state index contributed by atoms with van der Waals surface area (Å²) in [5.41, 5.74) is 4.57. The average Bonchev–Trinajstić information content (AvgIpc) is 3.11. The van der Waals surface area contributed by atoms with Crippen LogP contribution in [0.3, 0.4) is 0 Å². The summed E-state index contributed by atoms with van der Waals surface area (Å²) >= 11 is 1.58. The fourth-order valence-electron chi connectivity index (χ4n) is 3.40. The van der Waals surface area contributed by atoms with Crippen molar-refractivity contribution in [2.45, 2.75) is 24.8 Å². The summed E-state index contributed by atoms with van der Waals surface area (Å²) in [7, 11) is 0. The van der Waals surface area contributed by atoms with Crippen LogP contribution < -0.4 is 5.32 Å². The van der Waals surface area contributed by atoms with Gasteiger partial charge in [0.1, 0.15) is 0 Å². The highest BCUT2D eigenvalue weighted by atomic mass is 32.2. The molecule has 4 aromatic rings. The third kappa shape index (κ3) is 4.72. The van der Waals surface area contributed by atoms with Crippen LogP contribution in [-0.4, -0.2) is 16.2 Å². The van der Waals surface area contributed by atoms with Gasteiger partial charge in [-0.05, 0) is 35.7 Å². The van der Waals surface area contributed by atoms with E-state index in [2.05, 4.69) is 83.7 Å². The molecule has 0 aliphatic rings. The highest BCUT2D eigenvalue weighted by Gasteiger charge is 2.11. The molecule has 0 spiro atoms. The maximum atomic E-state index is 12.4. The standard InChI is InChI=1S/C25H24N2OS/c1-2-19-12-14-21(15-13-19)26-25(28)18-29-24-17-27(16-20-8-4-3-5-9-20)23-11-7-6-10-22(23)24/h3-15,17H,2,16,18H2,1H3,(H,26,28). The smallest absolute Gasteiger partial charge is 0.234 e. The number of benzene rings is 3. The molecule has 29 heavy (non-hydrogen) atoms. The Morgan fingerprint density at radius 3 is 2.38 bits per heavy atom. The summed E-state index contributed by atoms with van der Waals surface area (Å²) in [5, 5.41) is 4.18. The lowest BCUT2D eigenvalue weighted by Crippen LogP contribution is -2.13. The quantitative estimate of drug-likeness (QED) is 0.387. The van der Waals surface area contributed by atoms with E-state index in [1.165, 1.54) is 22.0 Å². The first-order valence-electron chi connectivity index (χ1n) is 9.86. The molecule has 0 saturated heterocycles. The van der Waals surface area contributed by atoms with Crippen LogP contribution in [0.2, 0.25) is 0 Å². The number of nitrogens with zero attached hydrogens (tertiary/aromatic N) is 1. The zero-order valence-electron chi connectivity index (χ0n) is 16.5. The molecule has 0 aliphatic carbocycles. The molecule has 1 aromatic heterocycles. The van der Waals surface area contributed by atoms with Crippen molar-refractivity contribution in [3.63, 3.8) is 0 Å². The molecule has 0 unspecified atom stereocenters. The van der Waals surface area contributed by atoms with Gasteiger partial charge in [-0.25, -0.2) is 0 Å². The summed E-state index contributed by atoms with van der Waals surface area (Å²) in [6.07, 6.45) is 3.16. The zero-order chi connectivity index (χ0) is 20.1. The molecule has 3 aromatic carbocycles. The third-order valence-corrected chi connectivity index (χ3v) is 6.00. The number of nitrogens with one attached hydrogen (secondary N) is 1. The molecule has 0 radical (unpaired) electrons. The van der Waals surface area contributed by atoms with E-state index in [1.807, 2.05) is 18.2 Å². The molecule has 0 saturated carbocycles. The van der Waals surface area contributed by atoms with Crippen molar-refractivity contribution in [2.24, 2.45) is 0 Å². The summed E-state index contributed by atoms with van der Waals surface area (Å²) in [6.45, 7) is 2.94. The van der Waals surface area contributed by atoms with Gasteiger partial charge in [0, 0.05) is 34.2 Å². The van der Waals surface area contributed by atoms with Crippen LogP contribution in [0.1, 0.15) is 18.1 Å². The van der Waals surface area contributed by atoms with Crippen molar-refractivity contribution >= 4 is 34.3 Å². The van der Waals surface area contributed by atoms with E-state index in [9.17, 15) is 4.79 Å². The number of aryl methyl sites for hydroxylation is 1. The Hall–Kier alpha value is -2.98. The van der Waals surface area contributed by atoms with Crippen LogP contribution in [-0.2, 0) is 17.8 Å². The first kappa shape index (κ1) is 19.3. The molecule has 0 atom stereocenters. The predicted octanol–water partition coefficient (Wildman–Crippen LogP) is 5.98. The number of rotatable bonds is 7. The Morgan fingerprint density at radius 2 is 1.62 bits per heavy atom. The molecule has 3 nitrogen and oxygen atoms in total. The van der Waals surface area contributed by atoms with E-state index < -0.39 is 0 Å². The second-order valence-corrected chi connectivity index (χ2v) is 8.03. The van der Waals surface area contributed by atoms with Crippen LogP contribution in [0.5, 0.6) is 0 Å². The number of hydrogen-bond donors (Lipinski definition) is 1. The Morgan fingerprint density at radius 1 is 0.897 bits per heavy atom. The van der Waals surface area contributed by atoms with Crippen molar-refractivity contribution in [1.29, 1.82) is 0 Å². The van der Waals surface area contributed by atoms with E-state index in [0.29, 0.717) is 5.75 Å². The molecule has 1 heterocycles. The number of carbonyl (C=O) groups excluding carboxylic acids is 1. The number of anilines is 1. The van der Waals surface area contributed by atoms with Gasteiger partial charge in [-0.1, -0.05) is 67.6 Å². The third-order valence-electron chi connectivity index (χ3n) is 4.95. The monoisotopic (exact) mass is 400 g/mol. The number of para-hydroxylation sites is 1. The van der Waals surface area contributed by atoms with Gasteiger partial charge in [0.25, 0.3) is 0 Å². The van der Waals surface area contributed by atoms with Crippen molar-refractivity contribution in [3.8, 4) is 0 Å². The number of carbonyl (C=O) groups is 1. The molecule has 4 rings (SSSR count). The minimum atomic E-state index is 0.0131. The Bertz CT molecular complexity index is 1100. The number of hydrogen-bond acceptors (Lipinski definition) is 2. The lowest BCUT2D eigenvalue weighted by atomic mass is 10.1. The number of thioether (sulfide) groups is 1. The molecule has 1 N–H and O–H groups in total. The number of fused-ring (bicyclic) bond motifs is 1. The lowest BCUT2D eigenvalue weighted by Gasteiger charge is -2.06. The van der Waals surface area contributed by atoms with Gasteiger partial charge in [-0.3, -0.25) is 4.79 Å². The molecular weight excluding hydrogens is 376 g/mol. The van der Waals surface area contributed by atoms with E-state index in [4.69, 9.17) is 0 Å². The van der Waals surface area contributed by atoms with E-state index in [1.54, 1.807) is 11.8 Å². The van der Waals surface area contributed by atoms with Crippen molar-refractivity contribution in [1.82, 2.24) is 4.57 Å². The fourth-order valence-corrected chi connectivity index (χ4v) is 4.29. The van der Waals surface area contributed by atoms with Crippen LogP contribution in [0.15, 0.2) is 90.0 Å². The minimum absolute atomic E-state index is 0.0131. The van der Waals surface area contributed by atoms with Crippen LogP contribution in [0.4, 0.5) is 5.69 Å². The Labute approximate surface area is 175 Å². The van der Waals surface area contributed by atoms with Gasteiger partial charge < -0.3 is 9.88 Å². The fraction of sp³-hybridized carbons (Fsp3) is 0.160. The first-order valence-corrected chi connectivity index (χ1v) is 10.8. The Kier molecular flexibility index (Phi) is 6.01. The van der Waals surface area contributed by atoms with Gasteiger partial charge >= 0.3 is 0 Å². The topological polar surface area (TPSA) is 34.0 Å². The highest BCUT2D eigenvalue weighted by Crippen LogP contribution is 2.30. The minimum Gasteiger partial charge on any atom is -0.342 e. The zero-order valence-corrected chi connectivity index (χ0v) is 17.3. The average molecular weight is 401 g/mol. The molecule has 0 bridgehead atoms. The van der Waals surface area contributed by atoms with Gasteiger partial charge in [-0.15, -0.1) is 11.8 Å². The normalized spacial score (nSPS) is 10.9. The molecule has 0 aliphatic heterocycles. The second kappa shape index (κ2) is 9.01. The second-order valence-electron chi connectivity index (χ2n) is 7.01. The van der Waals surface area contributed by atoms with E-state index in [-0.39, 0.29) is 5.91 Å². The number of amides is 1. The summed E-state index contributed by atoms with van der Waals surface area (Å²) in [4.78, 5) is 13.6. The van der Waals surface area contributed by atoms with Gasteiger partial charge in [0.2, 0.25) is 5.91 Å². The summed E-state index contributed by atoms with van der Waals surface area (Å²) in [6, 6.07) is 26.9. The predicted molar refractivity (Wildman–Crippen MR) is 123 cm³/mol. The lowest BCUT2D eigenvalue weighted by molar-refractivity contribution is -0.113. The highest BCUT2D eigenvalue weighted by molar-refractivity contribution is 8.00. The molecular formula is C25H24N2OS. The van der Waals surface area contributed by atoms with Crippen LogP contribution in [0, 0.1) is 0 Å². The SMILES string of the molecule is CCc1ccc(NC(=O)CSc2cn(Cc3ccccc3)c3ccccc23)cc1. The molecule has 1 amide bonds. The molecule has 4 heteroatoms. The Balaban J connectivity index is 1.46.